The molecule has 0 bridgehead atoms. The minimum absolute atomic E-state index is 0.423. The molecule has 0 spiro atoms. The predicted molar refractivity (Wildman–Crippen MR) is 69.2 cm³/mol. The fourth-order valence-electron chi connectivity index (χ4n) is 1.95. The summed E-state index contributed by atoms with van der Waals surface area (Å²) in [6.45, 7) is 0. The molecule has 1 N–H and O–H groups in total. The number of aliphatic hydroxyl groups excluding tert-OH is 1. The Morgan fingerprint density at radius 1 is 1.17 bits per heavy atom. The smallest absolute Gasteiger partial charge is 0.130 e. The lowest BCUT2D eigenvalue weighted by Crippen LogP contribution is -2.22. The van der Waals surface area contributed by atoms with E-state index in [1.807, 2.05) is 42.5 Å². The molecular formula is C15H15NO2. The van der Waals surface area contributed by atoms with Crippen molar-refractivity contribution in [3.63, 3.8) is 0 Å². The van der Waals surface area contributed by atoms with E-state index in [9.17, 15) is 9.90 Å². The van der Waals surface area contributed by atoms with Gasteiger partial charge in [0.05, 0.1) is 12.0 Å². The van der Waals surface area contributed by atoms with Gasteiger partial charge < -0.3 is 9.90 Å². The maximum atomic E-state index is 11.2. The van der Waals surface area contributed by atoms with Gasteiger partial charge in [-0.1, -0.05) is 36.4 Å². The number of hydrogen-bond acceptors (Lipinski definition) is 3. The monoisotopic (exact) mass is 241 g/mol. The molecule has 0 radical (unpaired) electrons. The van der Waals surface area contributed by atoms with E-state index in [-0.39, 0.29) is 0 Å². The molecule has 2 rings (SSSR count). The highest BCUT2D eigenvalue weighted by Gasteiger charge is 2.20. The third-order valence-electron chi connectivity index (χ3n) is 2.91. The van der Waals surface area contributed by atoms with Gasteiger partial charge in [0, 0.05) is 18.8 Å². The van der Waals surface area contributed by atoms with E-state index in [4.69, 9.17) is 0 Å². The number of benzene rings is 1. The molecule has 0 aliphatic rings. The fourth-order valence-corrected chi connectivity index (χ4v) is 1.95. The van der Waals surface area contributed by atoms with Crippen molar-refractivity contribution >= 4 is 6.29 Å². The van der Waals surface area contributed by atoms with E-state index in [1.54, 1.807) is 12.4 Å². The zero-order valence-electron chi connectivity index (χ0n) is 9.94. The quantitative estimate of drug-likeness (QED) is 0.814. The van der Waals surface area contributed by atoms with E-state index in [0.29, 0.717) is 6.42 Å². The highest BCUT2D eigenvalue weighted by atomic mass is 16.3. The first kappa shape index (κ1) is 12.5. The second kappa shape index (κ2) is 6.07. The van der Waals surface area contributed by atoms with Crippen LogP contribution in [0.15, 0.2) is 54.9 Å². The van der Waals surface area contributed by atoms with Gasteiger partial charge in [0.2, 0.25) is 0 Å². The summed E-state index contributed by atoms with van der Waals surface area (Å²) >= 11 is 0. The number of aldehydes is 1. The summed E-state index contributed by atoms with van der Waals surface area (Å²) in [5.41, 5.74) is 1.76. The summed E-state index contributed by atoms with van der Waals surface area (Å²) in [4.78, 5) is 15.2. The van der Waals surface area contributed by atoms with Crippen molar-refractivity contribution in [2.45, 2.75) is 18.4 Å². The van der Waals surface area contributed by atoms with Crippen LogP contribution in [-0.2, 0) is 11.2 Å². The molecule has 1 aromatic carbocycles. The van der Waals surface area contributed by atoms with Crippen molar-refractivity contribution < 1.29 is 9.90 Å². The number of nitrogens with zero attached hydrogens (tertiary/aromatic N) is 1. The standard InChI is InChI=1S/C15H15NO2/c17-11-14(13-6-2-1-3-7-13)15(18)9-12-5-4-8-16-10-12/h1-8,10-11,14-15,18H,9H2. The van der Waals surface area contributed by atoms with Crippen LogP contribution in [0.25, 0.3) is 0 Å². The van der Waals surface area contributed by atoms with Gasteiger partial charge in [0.15, 0.2) is 0 Å². The van der Waals surface area contributed by atoms with Crippen molar-refractivity contribution in [3.05, 3.63) is 66.0 Å². The van der Waals surface area contributed by atoms with Gasteiger partial charge in [-0.3, -0.25) is 4.98 Å². The van der Waals surface area contributed by atoms with Gasteiger partial charge in [0.1, 0.15) is 6.29 Å². The average Bonchev–Trinajstić information content (AvgIpc) is 2.42. The van der Waals surface area contributed by atoms with Crippen molar-refractivity contribution in [2.24, 2.45) is 0 Å². The maximum absolute atomic E-state index is 11.2. The Labute approximate surface area is 106 Å². The van der Waals surface area contributed by atoms with Crippen molar-refractivity contribution in [1.82, 2.24) is 4.98 Å². The number of hydrogen-bond donors (Lipinski definition) is 1. The molecule has 1 heterocycles. The lowest BCUT2D eigenvalue weighted by atomic mass is 9.91. The summed E-state index contributed by atoms with van der Waals surface area (Å²) in [5, 5.41) is 10.2. The molecular weight excluding hydrogens is 226 g/mol. The summed E-state index contributed by atoms with van der Waals surface area (Å²) in [7, 11) is 0. The van der Waals surface area contributed by atoms with Gasteiger partial charge in [-0.25, -0.2) is 0 Å². The third-order valence-corrected chi connectivity index (χ3v) is 2.91. The van der Waals surface area contributed by atoms with Crippen LogP contribution < -0.4 is 0 Å². The predicted octanol–water partition coefficient (Wildman–Crippen LogP) is 1.97. The maximum Gasteiger partial charge on any atom is 0.130 e. The number of rotatable bonds is 5. The molecule has 2 atom stereocenters. The zero-order chi connectivity index (χ0) is 12.8. The van der Waals surface area contributed by atoms with E-state index >= 15 is 0 Å². The van der Waals surface area contributed by atoms with Crippen LogP contribution in [-0.4, -0.2) is 22.5 Å². The van der Waals surface area contributed by atoms with Crippen molar-refractivity contribution in [3.8, 4) is 0 Å². The topological polar surface area (TPSA) is 50.2 Å². The molecule has 0 amide bonds. The second-order valence-corrected chi connectivity index (χ2v) is 4.21. The SMILES string of the molecule is O=CC(c1ccccc1)C(O)Cc1cccnc1. The summed E-state index contributed by atoms with van der Waals surface area (Å²) < 4.78 is 0. The minimum atomic E-state index is -0.728. The Hall–Kier alpha value is -2.00. The highest BCUT2D eigenvalue weighted by Crippen LogP contribution is 2.20. The Bertz CT molecular complexity index is 484. The van der Waals surface area contributed by atoms with Crippen LogP contribution in [0.5, 0.6) is 0 Å². The van der Waals surface area contributed by atoms with Gasteiger partial charge in [-0.15, -0.1) is 0 Å². The second-order valence-electron chi connectivity index (χ2n) is 4.21. The molecule has 0 saturated carbocycles. The molecule has 0 aliphatic carbocycles. The Balaban J connectivity index is 2.11. The molecule has 0 aliphatic heterocycles. The number of aromatic nitrogens is 1. The number of pyridine rings is 1. The average molecular weight is 241 g/mol. The van der Waals surface area contributed by atoms with Crippen LogP contribution in [0, 0.1) is 0 Å². The van der Waals surface area contributed by atoms with Crippen LogP contribution in [0.3, 0.4) is 0 Å². The Kier molecular flexibility index (Phi) is 4.20. The summed E-state index contributed by atoms with van der Waals surface area (Å²) in [6, 6.07) is 13.0. The van der Waals surface area contributed by atoms with Gasteiger partial charge in [-0.2, -0.15) is 0 Å². The number of aliphatic hydroxyl groups is 1. The molecule has 3 nitrogen and oxygen atoms in total. The normalized spacial score (nSPS) is 13.8. The molecule has 2 aromatic rings. The Morgan fingerprint density at radius 3 is 2.56 bits per heavy atom. The fraction of sp³-hybridized carbons (Fsp3) is 0.200. The molecule has 2 unspecified atom stereocenters. The van der Waals surface area contributed by atoms with Crippen LogP contribution in [0.1, 0.15) is 17.0 Å². The van der Waals surface area contributed by atoms with E-state index in [0.717, 1.165) is 17.4 Å². The van der Waals surface area contributed by atoms with Gasteiger partial charge in [-0.05, 0) is 17.2 Å². The van der Waals surface area contributed by atoms with E-state index < -0.39 is 12.0 Å². The van der Waals surface area contributed by atoms with Gasteiger partial charge >= 0.3 is 0 Å². The molecule has 0 fully saturated rings. The molecule has 0 saturated heterocycles. The molecule has 92 valence electrons. The molecule has 1 aromatic heterocycles. The lowest BCUT2D eigenvalue weighted by molar-refractivity contribution is -0.111. The molecule has 18 heavy (non-hydrogen) atoms. The lowest BCUT2D eigenvalue weighted by Gasteiger charge is -2.17. The summed E-state index contributed by atoms with van der Waals surface area (Å²) in [5.74, 6) is -0.494. The zero-order valence-corrected chi connectivity index (χ0v) is 9.94. The van der Waals surface area contributed by atoms with Crippen LogP contribution in [0.4, 0.5) is 0 Å². The first-order valence-corrected chi connectivity index (χ1v) is 5.88. The number of carbonyl (C=O) groups excluding carboxylic acids is 1. The number of carbonyl (C=O) groups is 1. The Morgan fingerprint density at radius 2 is 1.94 bits per heavy atom. The summed E-state index contributed by atoms with van der Waals surface area (Å²) in [6.07, 6.45) is 3.89. The van der Waals surface area contributed by atoms with Crippen LogP contribution >= 0.6 is 0 Å². The first-order valence-electron chi connectivity index (χ1n) is 5.88. The largest absolute Gasteiger partial charge is 0.392 e. The van der Waals surface area contributed by atoms with Crippen molar-refractivity contribution in [1.29, 1.82) is 0 Å². The minimum Gasteiger partial charge on any atom is -0.392 e. The van der Waals surface area contributed by atoms with Gasteiger partial charge in [0.25, 0.3) is 0 Å². The van der Waals surface area contributed by atoms with Crippen LogP contribution in [0.2, 0.25) is 0 Å². The first-order chi connectivity index (χ1) is 8.81. The highest BCUT2D eigenvalue weighted by molar-refractivity contribution is 5.63. The third kappa shape index (κ3) is 3.02. The van der Waals surface area contributed by atoms with E-state index in [1.165, 1.54) is 0 Å². The van der Waals surface area contributed by atoms with E-state index in [2.05, 4.69) is 4.98 Å². The van der Waals surface area contributed by atoms with Crippen molar-refractivity contribution in [2.75, 3.05) is 0 Å². The molecule has 3 heteroatoms.